The minimum atomic E-state index is 0.570. The summed E-state index contributed by atoms with van der Waals surface area (Å²) in [7, 11) is 4.24. The average molecular weight is 255 g/mol. The van der Waals surface area contributed by atoms with Gasteiger partial charge in [0, 0.05) is 25.3 Å². The highest BCUT2D eigenvalue weighted by molar-refractivity contribution is 6.30. The summed E-state index contributed by atoms with van der Waals surface area (Å²) in [6.45, 7) is 2.00. The summed E-state index contributed by atoms with van der Waals surface area (Å²) in [5.74, 6) is 0.862. The summed E-state index contributed by atoms with van der Waals surface area (Å²) >= 11 is 5.87. The van der Waals surface area contributed by atoms with Gasteiger partial charge in [-0.1, -0.05) is 11.6 Å². The van der Waals surface area contributed by atoms with Crippen molar-refractivity contribution in [2.75, 3.05) is 37.8 Å². The van der Waals surface area contributed by atoms with Gasteiger partial charge in [0.15, 0.2) is 5.82 Å². The average Bonchev–Trinajstić information content (AvgIpc) is 2.29. The summed E-state index contributed by atoms with van der Waals surface area (Å²) in [6, 6.07) is 2.34. The van der Waals surface area contributed by atoms with Gasteiger partial charge in [0.1, 0.15) is 0 Å². The fourth-order valence-electron chi connectivity index (χ4n) is 2.28. The number of aromatic nitrogens is 1. The van der Waals surface area contributed by atoms with Gasteiger partial charge in [-0.05, 0) is 33.0 Å². The van der Waals surface area contributed by atoms with E-state index in [0.717, 1.165) is 18.9 Å². The number of nitrogen functional groups attached to an aromatic ring is 1. The van der Waals surface area contributed by atoms with E-state index < -0.39 is 0 Å². The van der Waals surface area contributed by atoms with E-state index in [1.54, 1.807) is 12.3 Å². The maximum Gasteiger partial charge on any atom is 0.151 e. The van der Waals surface area contributed by atoms with Crippen molar-refractivity contribution in [3.8, 4) is 0 Å². The summed E-state index contributed by atoms with van der Waals surface area (Å²) < 4.78 is 0. The van der Waals surface area contributed by atoms with Crippen LogP contribution in [-0.4, -0.2) is 43.1 Å². The highest BCUT2D eigenvalue weighted by Gasteiger charge is 2.23. The van der Waals surface area contributed by atoms with Gasteiger partial charge in [0.05, 0.1) is 10.7 Å². The molecule has 0 spiro atoms. The molecule has 0 bridgehead atoms. The Morgan fingerprint density at radius 3 is 2.94 bits per heavy atom. The first-order chi connectivity index (χ1) is 8.08. The van der Waals surface area contributed by atoms with E-state index in [1.165, 1.54) is 12.8 Å². The zero-order valence-corrected chi connectivity index (χ0v) is 11.1. The minimum Gasteiger partial charge on any atom is -0.396 e. The normalized spacial score (nSPS) is 20.9. The molecule has 1 fully saturated rings. The Morgan fingerprint density at radius 1 is 1.53 bits per heavy atom. The summed E-state index contributed by atoms with van der Waals surface area (Å²) in [5.41, 5.74) is 6.64. The lowest BCUT2D eigenvalue weighted by Gasteiger charge is -2.37. The lowest BCUT2D eigenvalue weighted by molar-refractivity contribution is 0.257. The number of halogens is 1. The first-order valence-corrected chi connectivity index (χ1v) is 6.28. The second kappa shape index (κ2) is 5.10. The molecule has 5 heteroatoms. The molecule has 1 unspecified atom stereocenters. The van der Waals surface area contributed by atoms with Crippen molar-refractivity contribution in [1.29, 1.82) is 0 Å². The van der Waals surface area contributed by atoms with Crippen molar-refractivity contribution in [2.45, 2.75) is 18.9 Å². The molecule has 4 nitrogen and oxygen atoms in total. The highest BCUT2D eigenvalue weighted by atomic mass is 35.5. The number of likely N-dealkylation sites (N-methyl/N-ethyl adjacent to an activating group) is 1. The summed E-state index contributed by atoms with van der Waals surface area (Å²) in [4.78, 5) is 8.86. The van der Waals surface area contributed by atoms with Gasteiger partial charge in [0.25, 0.3) is 0 Å². The predicted octanol–water partition coefficient (Wildman–Crippen LogP) is 1.85. The van der Waals surface area contributed by atoms with E-state index in [1.807, 2.05) is 0 Å². The number of hydrogen-bond donors (Lipinski definition) is 1. The predicted molar refractivity (Wildman–Crippen MR) is 72.6 cm³/mol. The van der Waals surface area contributed by atoms with Crippen LogP contribution in [0, 0.1) is 0 Å². The molecule has 1 saturated heterocycles. The van der Waals surface area contributed by atoms with Crippen LogP contribution in [0.25, 0.3) is 0 Å². The monoisotopic (exact) mass is 254 g/mol. The maximum atomic E-state index is 5.97. The Morgan fingerprint density at radius 2 is 2.29 bits per heavy atom. The molecule has 17 heavy (non-hydrogen) atoms. The van der Waals surface area contributed by atoms with Crippen molar-refractivity contribution in [3.05, 3.63) is 17.3 Å². The third-order valence-electron chi connectivity index (χ3n) is 3.29. The maximum absolute atomic E-state index is 5.97. The zero-order chi connectivity index (χ0) is 12.4. The topological polar surface area (TPSA) is 45.4 Å². The smallest absolute Gasteiger partial charge is 0.151 e. The van der Waals surface area contributed by atoms with Crippen LogP contribution < -0.4 is 10.6 Å². The molecule has 0 aliphatic carbocycles. The molecule has 0 radical (unpaired) electrons. The van der Waals surface area contributed by atoms with E-state index >= 15 is 0 Å². The highest BCUT2D eigenvalue weighted by Crippen LogP contribution is 2.26. The molecule has 1 atom stereocenters. The molecule has 2 heterocycles. The molecule has 1 aromatic heterocycles. The van der Waals surface area contributed by atoms with E-state index in [9.17, 15) is 0 Å². The van der Waals surface area contributed by atoms with Gasteiger partial charge in [-0.15, -0.1) is 0 Å². The quantitative estimate of drug-likeness (QED) is 0.875. The fourth-order valence-corrected chi connectivity index (χ4v) is 2.45. The second-order valence-corrected chi connectivity index (χ2v) is 5.21. The number of pyridine rings is 1. The van der Waals surface area contributed by atoms with Crippen LogP contribution in [0.4, 0.5) is 11.5 Å². The van der Waals surface area contributed by atoms with Crippen LogP contribution in [0.1, 0.15) is 12.8 Å². The molecule has 2 rings (SSSR count). The lowest BCUT2D eigenvalue weighted by Crippen LogP contribution is -2.45. The van der Waals surface area contributed by atoms with Crippen LogP contribution >= 0.6 is 11.6 Å². The Hall–Kier alpha value is -1.00. The van der Waals surface area contributed by atoms with Gasteiger partial charge in [-0.3, -0.25) is 0 Å². The first kappa shape index (κ1) is 12.5. The molecule has 1 aromatic rings. The molecule has 1 aliphatic rings. The van der Waals surface area contributed by atoms with Crippen LogP contribution in [0.15, 0.2) is 12.3 Å². The second-order valence-electron chi connectivity index (χ2n) is 4.77. The van der Waals surface area contributed by atoms with E-state index in [-0.39, 0.29) is 0 Å². The van der Waals surface area contributed by atoms with Crippen LogP contribution in [-0.2, 0) is 0 Å². The van der Waals surface area contributed by atoms with Crippen molar-refractivity contribution < 1.29 is 0 Å². The van der Waals surface area contributed by atoms with Gasteiger partial charge in [0.2, 0.25) is 0 Å². The fraction of sp³-hybridized carbons (Fsp3) is 0.583. The third-order valence-corrected chi connectivity index (χ3v) is 3.49. The number of piperidine rings is 1. The Labute approximate surface area is 107 Å². The minimum absolute atomic E-state index is 0.570. The number of nitrogens with two attached hydrogens (primary N) is 1. The molecule has 0 amide bonds. The zero-order valence-electron chi connectivity index (χ0n) is 10.4. The van der Waals surface area contributed by atoms with Gasteiger partial charge >= 0.3 is 0 Å². The van der Waals surface area contributed by atoms with E-state index in [4.69, 9.17) is 17.3 Å². The standard InChI is InChI=1S/C12H19ClN4/c1-16(2)10-4-3-5-17(8-10)12-11(14)6-9(13)7-15-12/h6-7,10H,3-5,8,14H2,1-2H3. The van der Waals surface area contributed by atoms with Crippen molar-refractivity contribution in [2.24, 2.45) is 0 Å². The summed E-state index contributed by atoms with van der Waals surface area (Å²) in [6.07, 6.45) is 4.07. The summed E-state index contributed by atoms with van der Waals surface area (Å²) in [5, 5.41) is 0.590. The number of rotatable bonds is 2. The number of hydrogen-bond acceptors (Lipinski definition) is 4. The van der Waals surface area contributed by atoms with Crippen LogP contribution in [0.2, 0.25) is 5.02 Å². The molecule has 94 valence electrons. The van der Waals surface area contributed by atoms with Gasteiger partial charge in [-0.2, -0.15) is 0 Å². The molecule has 2 N–H and O–H groups in total. The molecule has 0 aromatic carbocycles. The Balaban J connectivity index is 2.16. The van der Waals surface area contributed by atoms with Gasteiger partial charge < -0.3 is 15.5 Å². The van der Waals surface area contributed by atoms with Crippen molar-refractivity contribution in [3.63, 3.8) is 0 Å². The first-order valence-electron chi connectivity index (χ1n) is 5.90. The Kier molecular flexibility index (Phi) is 3.74. The Bertz CT molecular complexity index is 394. The van der Waals surface area contributed by atoms with Crippen LogP contribution in [0.3, 0.4) is 0 Å². The molecule has 0 saturated carbocycles. The number of nitrogens with zero attached hydrogens (tertiary/aromatic N) is 3. The number of anilines is 2. The van der Waals surface area contributed by atoms with E-state index in [2.05, 4.69) is 28.9 Å². The third kappa shape index (κ3) is 2.82. The van der Waals surface area contributed by atoms with E-state index in [0.29, 0.717) is 16.8 Å². The van der Waals surface area contributed by atoms with Crippen LogP contribution in [0.5, 0.6) is 0 Å². The van der Waals surface area contributed by atoms with Gasteiger partial charge in [-0.25, -0.2) is 4.98 Å². The largest absolute Gasteiger partial charge is 0.396 e. The lowest BCUT2D eigenvalue weighted by atomic mass is 10.0. The van der Waals surface area contributed by atoms with Crippen molar-refractivity contribution >= 4 is 23.1 Å². The molecule has 1 aliphatic heterocycles. The molecular formula is C12H19ClN4. The molecular weight excluding hydrogens is 236 g/mol. The van der Waals surface area contributed by atoms with Crippen molar-refractivity contribution in [1.82, 2.24) is 9.88 Å². The SMILES string of the molecule is CN(C)C1CCCN(c2ncc(Cl)cc2N)C1.